The van der Waals surface area contributed by atoms with Gasteiger partial charge in [-0.2, -0.15) is 0 Å². The van der Waals surface area contributed by atoms with E-state index in [0.717, 1.165) is 0 Å². The molecular weight excluding hydrogens is 654 g/mol. The first-order valence-corrected chi connectivity index (χ1v) is 17.8. The van der Waals surface area contributed by atoms with Crippen LogP contribution in [0.2, 0.25) is 0 Å². The van der Waals surface area contributed by atoms with Gasteiger partial charge >= 0.3 is 5.97 Å². The summed E-state index contributed by atoms with van der Waals surface area (Å²) in [7, 11) is 6.53. The number of aliphatic hydroxyl groups is 5. The molecule has 2 fully saturated rings. The Morgan fingerprint density at radius 2 is 1.66 bits per heavy atom. The molecule has 5 N–H and O–H groups in total. The predicted molar refractivity (Wildman–Crippen MR) is 183 cm³/mol. The van der Waals surface area contributed by atoms with Crippen molar-refractivity contribution >= 4 is 5.97 Å². The van der Waals surface area contributed by atoms with Crippen LogP contribution >= 0.6 is 0 Å². The normalized spacial score (nSPS) is 45.6. The number of esters is 1. The SMILES string of the molecule is CO[C@@H]1[C@@H](O[C@@H]2O[C@H](C)[C@H](O[C@@H]3C[C@@](C)(O)[C@H](O)[C@@H](C)O3)[C@H](N(C)C)[C@@H]2O)[C@@H](CCO)C[C@H](C)[C@@H](O)/C=C/C=C/C[C@H](C)OC(=O)C[C@H]1OC. The lowest BCUT2D eigenvalue weighted by molar-refractivity contribution is -0.344. The van der Waals surface area contributed by atoms with Gasteiger partial charge in [0.25, 0.3) is 0 Å². The fraction of sp³-hybridized carbons (Fsp3) is 0.861. The van der Waals surface area contributed by atoms with E-state index in [1.165, 1.54) is 21.1 Å². The Morgan fingerprint density at radius 3 is 2.26 bits per heavy atom. The topological polar surface area (TPSA) is 186 Å². The minimum absolute atomic E-state index is 0.00740. The van der Waals surface area contributed by atoms with Crippen molar-refractivity contribution in [2.75, 3.05) is 34.9 Å². The summed E-state index contributed by atoms with van der Waals surface area (Å²) >= 11 is 0. The van der Waals surface area contributed by atoms with Crippen molar-refractivity contribution in [3.05, 3.63) is 24.3 Å². The number of hydrogen-bond donors (Lipinski definition) is 5. The van der Waals surface area contributed by atoms with E-state index in [1.54, 1.807) is 58.0 Å². The second-order valence-corrected chi connectivity index (χ2v) is 14.6. The van der Waals surface area contributed by atoms with E-state index in [2.05, 4.69) is 0 Å². The highest BCUT2D eigenvalue weighted by Crippen LogP contribution is 2.37. The molecule has 3 aliphatic rings. The Hall–Kier alpha value is -1.53. The maximum absolute atomic E-state index is 13.1. The van der Waals surface area contributed by atoms with Gasteiger partial charge in [0.05, 0.1) is 48.6 Å². The van der Waals surface area contributed by atoms with E-state index in [9.17, 15) is 30.3 Å². The molecule has 0 bridgehead atoms. The van der Waals surface area contributed by atoms with Gasteiger partial charge in [-0.25, -0.2) is 0 Å². The summed E-state index contributed by atoms with van der Waals surface area (Å²) in [6.07, 6.45) is -2.22. The summed E-state index contributed by atoms with van der Waals surface area (Å²) in [5, 5.41) is 54.3. The largest absolute Gasteiger partial charge is 0.462 e. The lowest BCUT2D eigenvalue weighted by atomic mass is 9.82. The van der Waals surface area contributed by atoms with Gasteiger partial charge in [0.1, 0.15) is 30.5 Å². The van der Waals surface area contributed by atoms with E-state index in [-0.39, 0.29) is 31.8 Å². The van der Waals surface area contributed by atoms with Gasteiger partial charge < -0.3 is 63.6 Å². The van der Waals surface area contributed by atoms with E-state index in [1.807, 2.05) is 13.0 Å². The smallest absolute Gasteiger partial charge is 0.308 e. The highest BCUT2D eigenvalue weighted by atomic mass is 16.7. The van der Waals surface area contributed by atoms with Gasteiger partial charge in [-0.05, 0) is 66.5 Å². The van der Waals surface area contributed by atoms with Crippen LogP contribution in [0.4, 0.5) is 0 Å². The second kappa shape index (κ2) is 19.5. The summed E-state index contributed by atoms with van der Waals surface area (Å²) in [6.45, 7) is 8.47. The first-order valence-electron chi connectivity index (χ1n) is 17.8. The van der Waals surface area contributed by atoms with Gasteiger partial charge in [-0.15, -0.1) is 0 Å². The van der Waals surface area contributed by atoms with Crippen LogP contribution in [0, 0.1) is 11.8 Å². The number of cyclic esters (lactones) is 1. The summed E-state index contributed by atoms with van der Waals surface area (Å²) < 4.78 is 42.7. The molecule has 0 aromatic rings. The number of likely N-dealkylation sites (N-methyl/N-ethyl adjacent to an activating group) is 1. The average Bonchev–Trinajstić information content (AvgIpc) is 3.03. The number of rotatable bonds is 9. The number of carbonyl (C=O) groups excluding carboxylic acids is 1. The van der Waals surface area contributed by atoms with Gasteiger partial charge in [0.15, 0.2) is 12.6 Å². The van der Waals surface area contributed by atoms with Crippen molar-refractivity contribution in [2.24, 2.45) is 11.8 Å². The molecular formula is C36H63NO13. The molecule has 0 aromatic carbocycles. The van der Waals surface area contributed by atoms with Gasteiger partial charge in [-0.1, -0.05) is 31.2 Å². The molecule has 290 valence electrons. The Bertz CT molecular complexity index is 1090. The first-order chi connectivity index (χ1) is 23.5. The number of carbonyl (C=O) groups is 1. The van der Waals surface area contributed by atoms with Crippen LogP contribution in [-0.2, 0) is 38.0 Å². The summed E-state index contributed by atoms with van der Waals surface area (Å²) in [4.78, 5) is 14.9. The van der Waals surface area contributed by atoms with Crippen molar-refractivity contribution in [2.45, 2.75) is 152 Å². The van der Waals surface area contributed by atoms with Crippen molar-refractivity contribution in [3.63, 3.8) is 0 Å². The molecule has 0 amide bonds. The number of hydrogen-bond acceptors (Lipinski definition) is 14. The summed E-state index contributed by atoms with van der Waals surface area (Å²) in [5.41, 5.74) is -1.44. The third kappa shape index (κ3) is 11.2. The highest BCUT2D eigenvalue weighted by molar-refractivity contribution is 5.70. The quantitative estimate of drug-likeness (QED) is 0.215. The van der Waals surface area contributed by atoms with Crippen molar-refractivity contribution in [1.82, 2.24) is 4.90 Å². The zero-order valence-corrected chi connectivity index (χ0v) is 31.2. The maximum Gasteiger partial charge on any atom is 0.308 e. The van der Waals surface area contributed by atoms with Crippen LogP contribution in [0.25, 0.3) is 0 Å². The second-order valence-electron chi connectivity index (χ2n) is 14.6. The molecule has 0 aliphatic carbocycles. The van der Waals surface area contributed by atoms with Crippen LogP contribution in [0.5, 0.6) is 0 Å². The van der Waals surface area contributed by atoms with E-state index in [4.69, 9.17) is 33.2 Å². The molecule has 3 aliphatic heterocycles. The number of aliphatic hydroxyl groups excluding tert-OH is 4. The monoisotopic (exact) mass is 717 g/mol. The fourth-order valence-corrected chi connectivity index (χ4v) is 7.33. The molecule has 3 heterocycles. The summed E-state index contributed by atoms with van der Waals surface area (Å²) in [6, 6.07) is -0.670. The molecule has 0 saturated carbocycles. The molecule has 2 saturated heterocycles. The van der Waals surface area contributed by atoms with Gasteiger partial charge in [0, 0.05) is 33.7 Å². The van der Waals surface area contributed by atoms with Crippen molar-refractivity contribution < 1.29 is 63.5 Å². The number of methoxy groups -OCH3 is 2. The third-order valence-corrected chi connectivity index (χ3v) is 10.2. The number of nitrogens with zero attached hydrogens (tertiary/aromatic N) is 1. The minimum Gasteiger partial charge on any atom is -0.462 e. The predicted octanol–water partition coefficient (Wildman–Crippen LogP) is 1.29. The van der Waals surface area contributed by atoms with Crippen LogP contribution in [0.15, 0.2) is 24.3 Å². The van der Waals surface area contributed by atoms with Crippen LogP contribution in [-0.4, -0.2) is 157 Å². The molecule has 0 aromatic heterocycles. The zero-order valence-electron chi connectivity index (χ0n) is 31.2. The van der Waals surface area contributed by atoms with E-state index < -0.39 is 97.1 Å². The molecule has 50 heavy (non-hydrogen) atoms. The van der Waals surface area contributed by atoms with Crippen molar-refractivity contribution in [1.29, 1.82) is 0 Å². The maximum atomic E-state index is 13.1. The van der Waals surface area contributed by atoms with Crippen LogP contribution < -0.4 is 0 Å². The zero-order chi connectivity index (χ0) is 37.3. The van der Waals surface area contributed by atoms with Crippen LogP contribution in [0.3, 0.4) is 0 Å². The molecule has 0 spiro atoms. The highest BCUT2D eigenvalue weighted by Gasteiger charge is 2.51. The lowest BCUT2D eigenvalue weighted by Gasteiger charge is -2.50. The van der Waals surface area contributed by atoms with Crippen LogP contribution in [0.1, 0.15) is 66.7 Å². The van der Waals surface area contributed by atoms with Gasteiger partial charge in [0.2, 0.25) is 0 Å². The summed E-state index contributed by atoms with van der Waals surface area (Å²) in [5.74, 6) is -1.19. The number of ether oxygens (including phenoxy) is 7. The molecule has 0 unspecified atom stereocenters. The Labute approximate surface area is 297 Å². The van der Waals surface area contributed by atoms with Crippen molar-refractivity contribution in [3.8, 4) is 0 Å². The van der Waals surface area contributed by atoms with E-state index >= 15 is 0 Å². The van der Waals surface area contributed by atoms with E-state index in [0.29, 0.717) is 12.8 Å². The average molecular weight is 718 g/mol. The molecule has 14 nitrogen and oxygen atoms in total. The van der Waals surface area contributed by atoms with Gasteiger partial charge in [-0.3, -0.25) is 4.79 Å². The number of allylic oxidation sites excluding steroid dienone is 2. The minimum atomic E-state index is -1.44. The first kappa shape index (κ1) is 42.9. The Balaban J connectivity index is 1.97. The molecule has 0 radical (unpaired) electrons. The third-order valence-electron chi connectivity index (χ3n) is 10.2. The Morgan fingerprint density at radius 1 is 0.960 bits per heavy atom. The molecule has 14 heteroatoms. The fourth-order valence-electron chi connectivity index (χ4n) is 7.33. The molecule has 16 atom stereocenters. The lowest BCUT2D eigenvalue weighted by Crippen LogP contribution is -2.65. The molecule has 3 rings (SSSR count). The standard InChI is InChI=1S/C36H63NO13/c1-20-17-24(15-16-38)32(33(45-9)26(44-8)18-27(40)46-21(2)13-11-10-12-14-25(20)39)50-35-30(41)29(37(6)7)31(22(3)48-35)49-28-19-36(5,43)34(42)23(4)47-28/h10-12,14,20-26,28-35,38-39,41-43H,13,15-19H2,1-9H3/b11-10+,14-12+/t20-,21-,22+,23+,24-,25-,26+,28+,29+,30-,31-,32-,33-,34+,35-,36+/m0/s1. The Kier molecular flexibility index (Phi) is 16.7.